The van der Waals surface area contributed by atoms with Gasteiger partial charge < -0.3 is 28.3 Å². The number of hydrogen-bond donors (Lipinski definition) is 0. The number of carbonyl (C=O) groups is 1. The highest BCUT2D eigenvalue weighted by Gasteiger charge is 2.43. The number of fused-ring (bicyclic) bond motifs is 2. The molecule has 5 rings (SSSR count). The topological polar surface area (TPSA) is 90.7 Å². The molecular weight excluding hydrogens is 532 g/mol. The van der Waals surface area contributed by atoms with Gasteiger partial charge in [0, 0.05) is 30.7 Å². The summed E-state index contributed by atoms with van der Waals surface area (Å²) in [6.07, 6.45) is 0. The number of halogens is 1. The number of rotatable bonds is 7. The zero-order chi connectivity index (χ0) is 25.4. The zero-order valence-electron chi connectivity index (χ0n) is 20.3. The van der Waals surface area contributed by atoms with E-state index in [0.29, 0.717) is 65.6 Å². The number of ether oxygens (including phenoxy) is 4. The molecule has 0 N–H and O–H groups in total. The van der Waals surface area contributed by atoms with Crippen LogP contribution in [-0.2, 0) is 4.74 Å². The minimum Gasteiger partial charge on any atom is -0.493 e. The van der Waals surface area contributed by atoms with E-state index < -0.39 is 6.04 Å². The number of carbonyl (C=O) groups excluding carboxylic acids is 1. The fraction of sp³-hybridized carbons (Fsp3) is 0.385. The lowest BCUT2D eigenvalue weighted by molar-refractivity contribution is 0.0314. The van der Waals surface area contributed by atoms with E-state index >= 15 is 0 Å². The van der Waals surface area contributed by atoms with E-state index in [2.05, 4.69) is 20.8 Å². The van der Waals surface area contributed by atoms with E-state index in [1.165, 1.54) is 21.3 Å². The fourth-order valence-electron chi connectivity index (χ4n) is 4.90. The molecule has 3 aromatic rings. The van der Waals surface area contributed by atoms with E-state index in [0.717, 1.165) is 17.6 Å². The monoisotopic (exact) mass is 558 g/mol. The van der Waals surface area contributed by atoms with Crippen LogP contribution in [0, 0.1) is 0 Å². The Hall–Kier alpha value is -3.08. The van der Waals surface area contributed by atoms with Crippen molar-refractivity contribution in [3.8, 4) is 17.2 Å². The fourth-order valence-corrected chi connectivity index (χ4v) is 5.26. The third-order valence-corrected chi connectivity index (χ3v) is 7.18. The largest absolute Gasteiger partial charge is 0.493 e. The number of hydrogen-bond acceptors (Lipinski definition) is 8. The zero-order valence-corrected chi connectivity index (χ0v) is 21.9. The van der Waals surface area contributed by atoms with Crippen LogP contribution in [0.5, 0.6) is 17.2 Å². The Morgan fingerprint density at radius 1 is 0.972 bits per heavy atom. The first-order chi connectivity index (χ1) is 17.5. The summed E-state index contributed by atoms with van der Waals surface area (Å²) in [5.74, 6) is 1.06. The lowest BCUT2D eigenvalue weighted by Crippen LogP contribution is -2.42. The molecule has 0 bridgehead atoms. The summed E-state index contributed by atoms with van der Waals surface area (Å²) < 4.78 is 28.9. The molecule has 1 amide bonds. The molecule has 1 aromatic heterocycles. The molecule has 36 heavy (non-hydrogen) atoms. The minimum atomic E-state index is -0.679. The van der Waals surface area contributed by atoms with Gasteiger partial charge in [-0.25, -0.2) is 0 Å². The summed E-state index contributed by atoms with van der Waals surface area (Å²) >= 11 is 3.43. The Labute approximate surface area is 216 Å². The van der Waals surface area contributed by atoms with Gasteiger partial charge in [0.25, 0.3) is 5.91 Å². The lowest BCUT2D eigenvalue weighted by atomic mass is 9.97. The van der Waals surface area contributed by atoms with Crippen molar-refractivity contribution in [3.05, 3.63) is 61.9 Å². The molecule has 1 saturated heterocycles. The van der Waals surface area contributed by atoms with E-state index in [1.54, 1.807) is 35.2 Å². The third kappa shape index (κ3) is 4.23. The van der Waals surface area contributed by atoms with Gasteiger partial charge in [-0.2, -0.15) is 0 Å². The highest BCUT2D eigenvalue weighted by molar-refractivity contribution is 9.10. The van der Waals surface area contributed by atoms with Crippen molar-refractivity contribution in [2.45, 2.75) is 6.04 Å². The SMILES string of the molecule is COc1cc(C2c3c(oc4ccc(Br)cc4c3=O)C(=O)N2CCN2CCOCC2)cc(OC)c1OC. The number of amides is 1. The van der Waals surface area contributed by atoms with Crippen molar-refractivity contribution in [1.29, 1.82) is 0 Å². The first-order valence-corrected chi connectivity index (χ1v) is 12.4. The average Bonchev–Trinajstić information content (AvgIpc) is 3.19. The molecule has 1 fully saturated rings. The van der Waals surface area contributed by atoms with Crippen LogP contribution in [0.2, 0.25) is 0 Å². The molecule has 2 aromatic carbocycles. The molecule has 2 aliphatic heterocycles. The molecule has 190 valence electrons. The van der Waals surface area contributed by atoms with Crippen molar-refractivity contribution in [2.75, 3.05) is 60.7 Å². The van der Waals surface area contributed by atoms with Crippen LogP contribution in [0.15, 0.2) is 44.0 Å². The maximum atomic E-state index is 13.8. The molecule has 0 aliphatic carbocycles. The summed E-state index contributed by atoms with van der Waals surface area (Å²) in [6.45, 7) is 3.94. The molecule has 9 nitrogen and oxygen atoms in total. The van der Waals surface area contributed by atoms with Crippen molar-refractivity contribution < 1.29 is 28.2 Å². The molecule has 0 saturated carbocycles. The first-order valence-electron chi connectivity index (χ1n) is 11.6. The molecule has 1 unspecified atom stereocenters. The van der Waals surface area contributed by atoms with Gasteiger partial charge in [-0.3, -0.25) is 14.5 Å². The second-order valence-corrected chi connectivity index (χ2v) is 9.54. The highest BCUT2D eigenvalue weighted by atomic mass is 79.9. The van der Waals surface area contributed by atoms with Crippen LogP contribution in [0.4, 0.5) is 0 Å². The molecule has 0 radical (unpaired) electrons. The highest BCUT2D eigenvalue weighted by Crippen LogP contribution is 2.45. The maximum Gasteiger partial charge on any atom is 0.290 e. The van der Waals surface area contributed by atoms with Crippen molar-refractivity contribution in [3.63, 3.8) is 0 Å². The van der Waals surface area contributed by atoms with E-state index in [-0.39, 0.29) is 17.1 Å². The van der Waals surface area contributed by atoms with E-state index in [4.69, 9.17) is 23.4 Å². The smallest absolute Gasteiger partial charge is 0.290 e. The average molecular weight is 559 g/mol. The lowest BCUT2D eigenvalue weighted by Gasteiger charge is -2.31. The minimum absolute atomic E-state index is 0.0653. The second-order valence-electron chi connectivity index (χ2n) is 8.63. The van der Waals surface area contributed by atoms with Gasteiger partial charge >= 0.3 is 0 Å². The maximum absolute atomic E-state index is 13.8. The molecule has 1 atom stereocenters. The van der Waals surface area contributed by atoms with Crippen LogP contribution < -0.4 is 19.6 Å². The predicted octanol–water partition coefficient (Wildman–Crippen LogP) is 3.46. The Bertz CT molecular complexity index is 1340. The summed E-state index contributed by atoms with van der Waals surface area (Å²) in [7, 11) is 4.59. The Balaban J connectivity index is 1.67. The second kappa shape index (κ2) is 10.1. The number of methoxy groups -OCH3 is 3. The summed E-state index contributed by atoms with van der Waals surface area (Å²) in [5, 5.41) is 0.406. The number of morpholine rings is 1. The van der Waals surface area contributed by atoms with Crippen LogP contribution in [0.1, 0.15) is 27.7 Å². The van der Waals surface area contributed by atoms with Gasteiger partial charge in [-0.05, 0) is 35.9 Å². The number of benzene rings is 2. The Morgan fingerprint density at radius 3 is 2.31 bits per heavy atom. The van der Waals surface area contributed by atoms with Gasteiger partial charge in [0.15, 0.2) is 16.9 Å². The summed E-state index contributed by atoms with van der Waals surface area (Å²) in [5.41, 5.74) is 1.10. The van der Waals surface area contributed by atoms with Crippen molar-refractivity contribution in [1.82, 2.24) is 9.80 Å². The Kier molecular flexibility index (Phi) is 6.92. The molecule has 2 aliphatic rings. The van der Waals surface area contributed by atoms with Crippen LogP contribution >= 0.6 is 15.9 Å². The van der Waals surface area contributed by atoms with Crippen LogP contribution in [0.25, 0.3) is 11.0 Å². The Morgan fingerprint density at radius 2 is 1.67 bits per heavy atom. The molecular formula is C26H27BrN2O7. The predicted molar refractivity (Wildman–Crippen MR) is 136 cm³/mol. The van der Waals surface area contributed by atoms with Crippen LogP contribution in [0.3, 0.4) is 0 Å². The van der Waals surface area contributed by atoms with E-state index in [1.807, 2.05) is 0 Å². The van der Waals surface area contributed by atoms with Gasteiger partial charge in [-0.15, -0.1) is 0 Å². The standard InChI is InChI=1S/C26H27BrN2O7/c1-32-19-12-15(13-20(33-2)24(19)34-3)22-21-23(30)17-14-16(27)4-5-18(17)36-25(21)26(31)29(22)7-6-28-8-10-35-11-9-28/h4-5,12-14,22H,6-11H2,1-3H3. The van der Waals surface area contributed by atoms with Gasteiger partial charge in [0.1, 0.15) is 5.58 Å². The molecule has 3 heterocycles. The van der Waals surface area contributed by atoms with Crippen LogP contribution in [-0.4, -0.2) is 76.4 Å². The molecule has 0 spiro atoms. The molecule has 10 heteroatoms. The number of nitrogens with zero attached hydrogens (tertiary/aromatic N) is 2. The van der Waals surface area contributed by atoms with Crippen molar-refractivity contribution >= 4 is 32.8 Å². The van der Waals surface area contributed by atoms with Gasteiger partial charge in [0.05, 0.1) is 51.5 Å². The third-order valence-electron chi connectivity index (χ3n) is 6.69. The first kappa shape index (κ1) is 24.6. The van der Waals surface area contributed by atoms with Gasteiger partial charge in [-0.1, -0.05) is 15.9 Å². The normalized spacial score (nSPS) is 17.9. The van der Waals surface area contributed by atoms with E-state index in [9.17, 15) is 9.59 Å². The van der Waals surface area contributed by atoms with Gasteiger partial charge in [0.2, 0.25) is 11.5 Å². The quantitative estimate of drug-likeness (QED) is 0.435. The summed E-state index contributed by atoms with van der Waals surface area (Å²) in [6, 6.07) is 8.07. The van der Waals surface area contributed by atoms with Crippen molar-refractivity contribution in [2.24, 2.45) is 0 Å². The summed E-state index contributed by atoms with van der Waals surface area (Å²) in [4.78, 5) is 31.5.